The zero-order chi connectivity index (χ0) is 23.8. The molecule has 0 N–H and O–H groups in total. The Labute approximate surface area is 184 Å². The molecule has 0 aliphatic carbocycles. The molecule has 0 aliphatic heterocycles. The summed E-state index contributed by atoms with van der Waals surface area (Å²) in [6, 6.07) is 5.99. The third-order valence-corrected chi connectivity index (χ3v) is 3.91. The predicted molar refractivity (Wildman–Crippen MR) is 104 cm³/mol. The third kappa shape index (κ3) is 7.22. The molecule has 2 aromatic carbocycles. The Bertz CT molecular complexity index is 967. The fraction of sp³-hybridized carbons (Fsp3) is 0.250. The summed E-state index contributed by atoms with van der Waals surface area (Å²) >= 11 is 10.9. The lowest BCUT2D eigenvalue weighted by Gasteiger charge is -2.15. The van der Waals surface area contributed by atoms with Crippen molar-refractivity contribution in [1.82, 2.24) is 0 Å². The minimum absolute atomic E-state index is 0.0269. The van der Waals surface area contributed by atoms with Crippen molar-refractivity contribution >= 4 is 40.9 Å². The Morgan fingerprint density at radius 2 is 1.39 bits per heavy atom. The quantitative estimate of drug-likeness (QED) is 0.240. The van der Waals surface area contributed by atoms with Crippen molar-refractivity contribution in [2.24, 2.45) is 0 Å². The first-order valence-electron chi connectivity index (χ1n) is 8.62. The van der Waals surface area contributed by atoms with Gasteiger partial charge in [0.05, 0.1) is 24.3 Å². The summed E-state index contributed by atoms with van der Waals surface area (Å²) in [5, 5.41) is 0.133. The molecule has 0 saturated carbocycles. The normalized spacial score (nSPS) is 10.6. The molecule has 0 amide bonds. The Morgan fingerprint density at radius 3 is 1.87 bits per heavy atom. The van der Waals surface area contributed by atoms with E-state index < -0.39 is 40.8 Å². The Hall–Kier alpha value is -2.65. The molecule has 0 atom stereocenters. The number of ether oxygens (including phenoxy) is 2. The molecule has 0 fully saturated rings. The summed E-state index contributed by atoms with van der Waals surface area (Å²) in [4.78, 5) is 33.2. The van der Waals surface area contributed by atoms with Crippen molar-refractivity contribution in [2.75, 3.05) is 13.2 Å². The van der Waals surface area contributed by atoms with Gasteiger partial charge in [-0.05, 0) is 50.2 Å². The van der Waals surface area contributed by atoms with Crippen molar-refractivity contribution in [3.05, 3.63) is 69.2 Å². The number of benzene rings is 2. The van der Waals surface area contributed by atoms with Crippen LogP contribution in [0.2, 0.25) is 10.0 Å². The van der Waals surface area contributed by atoms with Crippen LogP contribution in [0.3, 0.4) is 0 Å². The minimum Gasteiger partial charge on any atom is -0.461 e. The van der Waals surface area contributed by atoms with E-state index in [4.69, 9.17) is 23.2 Å². The summed E-state index contributed by atoms with van der Waals surface area (Å²) < 4.78 is 61.7. The number of carbonyl (C=O) groups excluding carboxylic acids is 3. The highest BCUT2D eigenvalue weighted by Gasteiger charge is 2.44. The van der Waals surface area contributed by atoms with E-state index in [1.54, 1.807) is 6.92 Å². The molecule has 0 radical (unpaired) electrons. The highest BCUT2D eigenvalue weighted by Crippen LogP contribution is 2.32. The number of rotatable bonds is 6. The predicted octanol–water partition coefficient (Wildman–Crippen LogP) is 5.36. The van der Waals surface area contributed by atoms with Gasteiger partial charge in [0.25, 0.3) is 5.78 Å². The lowest BCUT2D eigenvalue weighted by molar-refractivity contribution is -0.173. The maximum absolute atomic E-state index is 13.4. The zero-order valence-corrected chi connectivity index (χ0v) is 17.7. The fourth-order valence-corrected chi connectivity index (χ4v) is 2.37. The second kappa shape index (κ2) is 11.7. The molecule has 0 heterocycles. The summed E-state index contributed by atoms with van der Waals surface area (Å²) in [6.07, 6.45) is 0. The fourth-order valence-electron chi connectivity index (χ4n) is 2.06. The molecular weight excluding hydrogens is 467 g/mol. The van der Waals surface area contributed by atoms with Crippen LogP contribution in [0.4, 0.5) is 17.6 Å². The number of carbonyl (C=O) groups is 3. The summed E-state index contributed by atoms with van der Waals surface area (Å²) in [7, 11) is 0. The van der Waals surface area contributed by atoms with Crippen LogP contribution in [0.25, 0.3) is 0 Å². The first-order valence-corrected chi connectivity index (χ1v) is 9.38. The topological polar surface area (TPSA) is 69.7 Å². The number of Topliss-reactive ketones (excluding diaryl/α,β-unsaturated/α-hetero) is 1. The summed E-state index contributed by atoms with van der Waals surface area (Å²) in [6.45, 7) is 2.80. The van der Waals surface area contributed by atoms with Crippen molar-refractivity contribution in [2.45, 2.75) is 19.8 Å². The van der Waals surface area contributed by atoms with Gasteiger partial charge < -0.3 is 9.47 Å². The average molecular weight is 483 g/mol. The van der Waals surface area contributed by atoms with Crippen molar-refractivity contribution in [3.8, 4) is 0 Å². The smallest absolute Gasteiger partial charge is 0.382 e. The number of esters is 2. The van der Waals surface area contributed by atoms with Crippen LogP contribution in [0.15, 0.2) is 36.4 Å². The van der Waals surface area contributed by atoms with E-state index in [0.717, 1.165) is 24.3 Å². The second-order valence-electron chi connectivity index (χ2n) is 5.59. The lowest BCUT2D eigenvalue weighted by Crippen LogP contribution is -2.29. The molecule has 5 nitrogen and oxygen atoms in total. The first kappa shape index (κ1) is 26.4. The summed E-state index contributed by atoms with van der Waals surface area (Å²) in [5.74, 6) is -9.95. The van der Waals surface area contributed by atoms with E-state index >= 15 is 0 Å². The van der Waals surface area contributed by atoms with Gasteiger partial charge in [0.2, 0.25) is 0 Å². The third-order valence-electron chi connectivity index (χ3n) is 3.44. The molecule has 11 heteroatoms. The van der Waals surface area contributed by atoms with Crippen LogP contribution in [0.1, 0.15) is 29.8 Å². The van der Waals surface area contributed by atoms with Gasteiger partial charge in [-0.1, -0.05) is 23.2 Å². The van der Waals surface area contributed by atoms with Crippen LogP contribution in [-0.4, -0.2) is 30.9 Å². The zero-order valence-electron chi connectivity index (χ0n) is 16.2. The van der Waals surface area contributed by atoms with E-state index in [2.05, 4.69) is 9.47 Å². The maximum atomic E-state index is 13.4. The van der Waals surface area contributed by atoms with Gasteiger partial charge in [-0.3, -0.25) is 4.79 Å². The first-order chi connectivity index (χ1) is 14.4. The maximum Gasteiger partial charge on any atom is 0.382 e. The van der Waals surface area contributed by atoms with Crippen LogP contribution in [0.5, 0.6) is 0 Å². The molecule has 0 aromatic heterocycles. The molecule has 2 rings (SSSR count). The number of ketones is 1. The van der Waals surface area contributed by atoms with E-state index in [9.17, 15) is 31.9 Å². The number of hydrogen-bond acceptors (Lipinski definition) is 5. The van der Waals surface area contributed by atoms with Crippen LogP contribution in [0, 0.1) is 11.6 Å². The molecule has 0 unspecified atom stereocenters. The SMILES string of the molecule is CCOC(=O)C(=O)c1ccc(Cl)cc1F.CCOC(=O)C(F)(F)c1ccc(Cl)cc1F. The van der Waals surface area contributed by atoms with Gasteiger partial charge in [-0.2, -0.15) is 8.78 Å². The van der Waals surface area contributed by atoms with E-state index in [1.807, 2.05) is 0 Å². The molecule has 31 heavy (non-hydrogen) atoms. The minimum atomic E-state index is -4.01. The van der Waals surface area contributed by atoms with Crippen molar-refractivity contribution in [3.63, 3.8) is 0 Å². The highest BCUT2D eigenvalue weighted by molar-refractivity contribution is 6.41. The molecule has 0 saturated heterocycles. The standard InChI is InChI=1S/C10H8ClF3O2.C10H8ClFO3/c1-2-16-9(15)10(13,14)7-4-3-6(11)5-8(7)12;1-2-15-10(14)9(13)7-4-3-6(11)5-8(7)12/h3-5H,2H2,1H3;3-5H,2H2,1H3. The Morgan fingerprint density at radius 1 is 0.871 bits per heavy atom. The number of hydrogen-bond donors (Lipinski definition) is 0. The molecule has 0 bridgehead atoms. The molecule has 2 aromatic rings. The van der Waals surface area contributed by atoms with Gasteiger partial charge in [0.1, 0.15) is 11.6 Å². The van der Waals surface area contributed by atoms with Crippen LogP contribution in [-0.2, 0) is 25.0 Å². The Kier molecular flexibility index (Phi) is 9.93. The lowest BCUT2D eigenvalue weighted by atomic mass is 10.1. The summed E-state index contributed by atoms with van der Waals surface area (Å²) in [5.41, 5.74) is -1.38. The number of alkyl halides is 2. The van der Waals surface area contributed by atoms with Crippen molar-refractivity contribution in [1.29, 1.82) is 0 Å². The molecule has 0 spiro atoms. The van der Waals surface area contributed by atoms with Crippen LogP contribution < -0.4 is 0 Å². The Balaban J connectivity index is 0.000000311. The van der Waals surface area contributed by atoms with E-state index in [1.165, 1.54) is 13.0 Å². The van der Waals surface area contributed by atoms with E-state index in [0.29, 0.717) is 6.07 Å². The van der Waals surface area contributed by atoms with Gasteiger partial charge >= 0.3 is 17.9 Å². The van der Waals surface area contributed by atoms with Crippen molar-refractivity contribution < 1.29 is 41.4 Å². The average Bonchev–Trinajstić information content (AvgIpc) is 2.68. The monoisotopic (exact) mass is 482 g/mol. The highest BCUT2D eigenvalue weighted by atomic mass is 35.5. The molecular formula is C20H16Cl2F4O5. The second-order valence-corrected chi connectivity index (χ2v) is 6.47. The van der Waals surface area contributed by atoms with Gasteiger partial charge in [0, 0.05) is 10.0 Å². The van der Waals surface area contributed by atoms with Crippen LogP contribution >= 0.6 is 23.2 Å². The van der Waals surface area contributed by atoms with Gasteiger partial charge in [-0.15, -0.1) is 0 Å². The number of halogens is 6. The molecule has 0 aliphatic rings. The van der Waals surface area contributed by atoms with E-state index in [-0.39, 0.29) is 28.8 Å². The van der Waals surface area contributed by atoms with Gasteiger partial charge in [0.15, 0.2) is 0 Å². The largest absolute Gasteiger partial charge is 0.461 e. The molecule has 168 valence electrons. The van der Waals surface area contributed by atoms with Gasteiger partial charge in [-0.25, -0.2) is 18.4 Å².